The molecule has 32 heavy (non-hydrogen) atoms. The van der Waals surface area contributed by atoms with Crippen LogP contribution in [-0.2, 0) is 14.8 Å². The van der Waals surface area contributed by atoms with E-state index in [0.717, 1.165) is 10.6 Å². The predicted molar refractivity (Wildman–Crippen MR) is 129 cm³/mol. The van der Waals surface area contributed by atoms with Gasteiger partial charge >= 0.3 is 0 Å². The number of carbonyl (C=O) groups excluding carboxylic acids is 2. The van der Waals surface area contributed by atoms with Crippen LogP contribution in [0.5, 0.6) is 0 Å². The van der Waals surface area contributed by atoms with E-state index in [2.05, 4.69) is 5.32 Å². The molecule has 0 aromatic heterocycles. The standard InChI is InChI=1S/C22H17Cl3N2O4S/c1-32(30,31)27(16-8-9-18(24)19(25)12-16)13-21(28)26-20-10-7-15(23)11-17(20)22(29)14-5-3-2-4-6-14/h2-12H,13H2,1H3,(H,26,28). The van der Waals surface area contributed by atoms with Crippen molar-refractivity contribution < 1.29 is 18.0 Å². The van der Waals surface area contributed by atoms with Crippen molar-refractivity contribution in [2.45, 2.75) is 0 Å². The molecule has 0 aliphatic rings. The molecule has 3 aromatic carbocycles. The van der Waals surface area contributed by atoms with Crippen LogP contribution in [0.3, 0.4) is 0 Å². The number of hydrogen-bond donors (Lipinski definition) is 1. The molecule has 0 aliphatic carbocycles. The topological polar surface area (TPSA) is 83.6 Å². The number of nitrogens with zero attached hydrogens (tertiary/aromatic N) is 1. The fourth-order valence-corrected chi connectivity index (χ4v) is 4.23. The molecule has 6 nitrogen and oxygen atoms in total. The highest BCUT2D eigenvalue weighted by Gasteiger charge is 2.23. The second-order valence-electron chi connectivity index (χ2n) is 6.80. The molecule has 0 saturated heterocycles. The Morgan fingerprint density at radius 3 is 2.22 bits per heavy atom. The number of sulfonamides is 1. The minimum atomic E-state index is -3.83. The summed E-state index contributed by atoms with van der Waals surface area (Å²) in [5.41, 5.74) is 0.973. The van der Waals surface area contributed by atoms with E-state index in [1.54, 1.807) is 30.3 Å². The Kier molecular flexibility index (Phi) is 7.46. The van der Waals surface area contributed by atoms with Gasteiger partial charge in [-0.15, -0.1) is 0 Å². The normalized spacial score (nSPS) is 11.1. The summed E-state index contributed by atoms with van der Waals surface area (Å²) in [6.07, 6.45) is 0.968. The first-order valence-corrected chi connectivity index (χ1v) is 12.2. The van der Waals surface area contributed by atoms with Crippen molar-refractivity contribution in [3.8, 4) is 0 Å². The average Bonchev–Trinajstić information content (AvgIpc) is 2.74. The Labute approximate surface area is 200 Å². The van der Waals surface area contributed by atoms with Gasteiger partial charge in [-0.2, -0.15) is 0 Å². The summed E-state index contributed by atoms with van der Waals surface area (Å²) in [4.78, 5) is 25.7. The van der Waals surface area contributed by atoms with Crippen LogP contribution in [0, 0.1) is 0 Å². The summed E-state index contributed by atoms with van der Waals surface area (Å²) < 4.78 is 25.5. The molecule has 10 heteroatoms. The first-order valence-electron chi connectivity index (χ1n) is 9.18. The molecule has 0 bridgehead atoms. The van der Waals surface area contributed by atoms with Crippen LogP contribution in [0.25, 0.3) is 0 Å². The number of rotatable bonds is 7. The monoisotopic (exact) mass is 510 g/mol. The molecule has 0 heterocycles. The average molecular weight is 512 g/mol. The molecular weight excluding hydrogens is 495 g/mol. The van der Waals surface area contributed by atoms with Gasteiger partial charge in [-0.25, -0.2) is 8.42 Å². The summed E-state index contributed by atoms with van der Waals surface area (Å²) in [6, 6.07) is 17.2. The highest BCUT2D eigenvalue weighted by molar-refractivity contribution is 7.92. The largest absolute Gasteiger partial charge is 0.324 e. The van der Waals surface area contributed by atoms with Gasteiger partial charge in [0.15, 0.2) is 5.78 Å². The van der Waals surface area contributed by atoms with Gasteiger partial charge in [-0.1, -0.05) is 65.1 Å². The van der Waals surface area contributed by atoms with E-state index in [9.17, 15) is 18.0 Å². The Hall–Kier alpha value is -2.58. The molecule has 0 fully saturated rings. The fourth-order valence-electron chi connectivity index (χ4n) is 2.92. The van der Waals surface area contributed by atoms with Gasteiger partial charge in [0, 0.05) is 16.1 Å². The molecule has 0 unspecified atom stereocenters. The third-order valence-electron chi connectivity index (χ3n) is 4.42. The Balaban J connectivity index is 1.89. The first kappa shape index (κ1) is 24.1. The third kappa shape index (κ3) is 5.81. The molecular formula is C22H17Cl3N2O4S. The van der Waals surface area contributed by atoms with Gasteiger partial charge in [-0.05, 0) is 36.4 Å². The number of ketones is 1. The fraction of sp³-hybridized carbons (Fsp3) is 0.0909. The lowest BCUT2D eigenvalue weighted by molar-refractivity contribution is -0.114. The van der Waals surface area contributed by atoms with E-state index in [0.29, 0.717) is 10.6 Å². The molecule has 0 aliphatic heterocycles. The van der Waals surface area contributed by atoms with Crippen LogP contribution >= 0.6 is 34.8 Å². The lowest BCUT2D eigenvalue weighted by atomic mass is 10.0. The summed E-state index contributed by atoms with van der Waals surface area (Å²) in [5, 5.41) is 3.31. The van der Waals surface area contributed by atoms with Gasteiger partial charge in [0.05, 0.1) is 27.7 Å². The molecule has 1 N–H and O–H groups in total. The molecule has 0 atom stereocenters. The van der Waals surface area contributed by atoms with E-state index in [-0.39, 0.29) is 32.8 Å². The minimum absolute atomic E-state index is 0.145. The molecule has 0 radical (unpaired) electrons. The summed E-state index contributed by atoms with van der Waals surface area (Å²) >= 11 is 18.0. The quantitative estimate of drug-likeness (QED) is 0.437. The van der Waals surface area contributed by atoms with Crippen LogP contribution in [0.2, 0.25) is 15.1 Å². The van der Waals surface area contributed by atoms with Crippen LogP contribution in [0.4, 0.5) is 11.4 Å². The zero-order valence-electron chi connectivity index (χ0n) is 16.7. The molecule has 0 spiro atoms. The Bertz CT molecular complexity index is 1280. The van der Waals surface area contributed by atoms with Gasteiger partial charge < -0.3 is 5.32 Å². The Morgan fingerprint density at radius 2 is 1.59 bits per heavy atom. The lowest BCUT2D eigenvalue weighted by Gasteiger charge is -2.22. The summed E-state index contributed by atoms with van der Waals surface area (Å²) in [7, 11) is -3.83. The van der Waals surface area contributed by atoms with Gasteiger partial charge in [0.25, 0.3) is 0 Å². The van der Waals surface area contributed by atoms with Gasteiger partial charge in [0.1, 0.15) is 6.54 Å². The van der Waals surface area contributed by atoms with E-state index in [1.165, 1.54) is 36.4 Å². The van der Waals surface area contributed by atoms with Crippen molar-refractivity contribution in [1.82, 2.24) is 0 Å². The molecule has 166 valence electrons. The van der Waals surface area contributed by atoms with E-state index in [4.69, 9.17) is 34.8 Å². The number of benzene rings is 3. The molecule has 1 amide bonds. The van der Waals surface area contributed by atoms with Gasteiger partial charge in [-0.3, -0.25) is 13.9 Å². The summed E-state index contributed by atoms with van der Waals surface area (Å²) in [5.74, 6) is -1.00. The van der Waals surface area contributed by atoms with Crippen molar-refractivity contribution in [2.24, 2.45) is 0 Å². The molecule has 0 saturated carbocycles. The van der Waals surface area contributed by atoms with Crippen LogP contribution in [0.15, 0.2) is 66.7 Å². The number of amides is 1. The van der Waals surface area contributed by atoms with Gasteiger partial charge in [0.2, 0.25) is 15.9 Å². The summed E-state index contributed by atoms with van der Waals surface area (Å²) in [6.45, 7) is -0.543. The predicted octanol–water partition coefficient (Wildman–Crippen LogP) is 5.28. The van der Waals surface area contributed by atoms with E-state index < -0.39 is 22.5 Å². The lowest BCUT2D eigenvalue weighted by Crippen LogP contribution is -2.37. The second kappa shape index (κ2) is 9.92. The van der Waals surface area contributed by atoms with Crippen molar-refractivity contribution in [3.63, 3.8) is 0 Å². The highest BCUT2D eigenvalue weighted by atomic mass is 35.5. The maximum Gasteiger partial charge on any atom is 0.245 e. The van der Waals surface area contributed by atoms with Crippen LogP contribution in [0.1, 0.15) is 15.9 Å². The second-order valence-corrected chi connectivity index (χ2v) is 9.96. The van der Waals surface area contributed by atoms with Crippen molar-refractivity contribution in [1.29, 1.82) is 0 Å². The number of halogens is 3. The van der Waals surface area contributed by atoms with Crippen molar-refractivity contribution in [2.75, 3.05) is 22.4 Å². The number of hydrogen-bond acceptors (Lipinski definition) is 4. The zero-order valence-corrected chi connectivity index (χ0v) is 19.8. The number of carbonyl (C=O) groups is 2. The van der Waals surface area contributed by atoms with Crippen LogP contribution in [-0.4, -0.2) is 32.9 Å². The third-order valence-corrected chi connectivity index (χ3v) is 6.53. The maximum absolute atomic E-state index is 12.9. The van der Waals surface area contributed by atoms with Crippen molar-refractivity contribution >= 4 is 67.9 Å². The molecule has 3 aromatic rings. The highest BCUT2D eigenvalue weighted by Crippen LogP contribution is 2.29. The smallest absolute Gasteiger partial charge is 0.245 e. The van der Waals surface area contributed by atoms with E-state index >= 15 is 0 Å². The van der Waals surface area contributed by atoms with Crippen molar-refractivity contribution in [3.05, 3.63) is 92.9 Å². The molecule has 3 rings (SSSR count). The van der Waals surface area contributed by atoms with Crippen LogP contribution < -0.4 is 9.62 Å². The number of nitrogens with one attached hydrogen (secondary N) is 1. The SMILES string of the molecule is CS(=O)(=O)N(CC(=O)Nc1ccc(Cl)cc1C(=O)c1ccccc1)c1ccc(Cl)c(Cl)c1. The minimum Gasteiger partial charge on any atom is -0.324 e. The Morgan fingerprint density at radius 1 is 0.906 bits per heavy atom. The zero-order chi connectivity index (χ0) is 23.5. The number of anilines is 2. The maximum atomic E-state index is 12.9. The first-order chi connectivity index (χ1) is 15.1. The van der Waals surface area contributed by atoms with E-state index in [1.807, 2.05) is 0 Å².